The Bertz CT molecular complexity index is 211. The monoisotopic (exact) mass is 216 g/mol. The Balaban J connectivity index is 2.18. The van der Waals surface area contributed by atoms with E-state index in [1.807, 2.05) is 13.8 Å². The van der Waals surface area contributed by atoms with Crippen LogP contribution in [0.5, 0.6) is 0 Å². The highest BCUT2D eigenvalue weighted by molar-refractivity contribution is 5.82. The van der Waals surface area contributed by atoms with Crippen LogP contribution in [0.25, 0.3) is 0 Å². The standard InChI is InChI=1S/C10H20N2O3/c1-3-15-7(2)5-12-10(14)9-4-8(13)6-11-9/h7-9,11,13H,3-6H2,1-2H3,(H,12,14). The van der Waals surface area contributed by atoms with Gasteiger partial charge in [-0.15, -0.1) is 0 Å². The molecule has 0 aliphatic carbocycles. The summed E-state index contributed by atoms with van der Waals surface area (Å²) in [7, 11) is 0. The quantitative estimate of drug-likeness (QED) is 0.565. The summed E-state index contributed by atoms with van der Waals surface area (Å²) in [6.07, 6.45) is 0.129. The Hall–Kier alpha value is -0.650. The zero-order chi connectivity index (χ0) is 11.3. The highest BCUT2D eigenvalue weighted by Crippen LogP contribution is 2.05. The van der Waals surface area contributed by atoms with Gasteiger partial charge in [-0.3, -0.25) is 4.79 Å². The van der Waals surface area contributed by atoms with Gasteiger partial charge in [-0.2, -0.15) is 0 Å². The van der Waals surface area contributed by atoms with Gasteiger partial charge in [0.05, 0.1) is 18.2 Å². The first-order chi connectivity index (χ1) is 7.13. The number of carbonyl (C=O) groups is 1. The van der Waals surface area contributed by atoms with Crippen LogP contribution in [-0.2, 0) is 9.53 Å². The lowest BCUT2D eigenvalue weighted by molar-refractivity contribution is -0.123. The molecule has 3 atom stereocenters. The van der Waals surface area contributed by atoms with E-state index in [1.54, 1.807) is 0 Å². The van der Waals surface area contributed by atoms with Gasteiger partial charge in [0.1, 0.15) is 0 Å². The van der Waals surface area contributed by atoms with Crippen LogP contribution in [0.1, 0.15) is 20.3 Å². The molecule has 0 bridgehead atoms. The van der Waals surface area contributed by atoms with E-state index < -0.39 is 6.10 Å². The minimum Gasteiger partial charge on any atom is -0.392 e. The summed E-state index contributed by atoms with van der Waals surface area (Å²) in [4.78, 5) is 11.6. The molecule has 1 fully saturated rings. The Kier molecular flexibility index (Phi) is 5.01. The predicted octanol–water partition coefficient (Wildman–Crippen LogP) is -0.750. The van der Waals surface area contributed by atoms with Gasteiger partial charge in [0.2, 0.25) is 5.91 Å². The molecular weight excluding hydrogens is 196 g/mol. The molecule has 1 aliphatic rings. The molecule has 1 amide bonds. The van der Waals surface area contributed by atoms with E-state index >= 15 is 0 Å². The van der Waals surface area contributed by atoms with Crippen LogP contribution in [0.4, 0.5) is 0 Å². The number of hydrogen-bond acceptors (Lipinski definition) is 4. The van der Waals surface area contributed by atoms with E-state index in [1.165, 1.54) is 0 Å². The van der Waals surface area contributed by atoms with E-state index in [2.05, 4.69) is 10.6 Å². The third-order valence-electron chi connectivity index (χ3n) is 2.44. The second-order valence-electron chi connectivity index (χ2n) is 3.86. The van der Waals surface area contributed by atoms with Gasteiger partial charge in [0.25, 0.3) is 0 Å². The van der Waals surface area contributed by atoms with Crippen molar-refractivity contribution in [3.8, 4) is 0 Å². The van der Waals surface area contributed by atoms with E-state index in [0.29, 0.717) is 26.1 Å². The first-order valence-electron chi connectivity index (χ1n) is 5.44. The highest BCUT2D eigenvalue weighted by atomic mass is 16.5. The Morgan fingerprint density at radius 3 is 3.00 bits per heavy atom. The maximum Gasteiger partial charge on any atom is 0.237 e. The van der Waals surface area contributed by atoms with E-state index in [0.717, 1.165) is 0 Å². The highest BCUT2D eigenvalue weighted by Gasteiger charge is 2.27. The molecule has 3 unspecified atom stereocenters. The number of aliphatic hydroxyl groups is 1. The molecule has 5 heteroatoms. The number of ether oxygens (including phenoxy) is 1. The number of nitrogens with one attached hydrogen (secondary N) is 2. The topological polar surface area (TPSA) is 70.6 Å². The third kappa shape index (κ3) is 4.15. The number of hydrogen-bond donors (Lipinski definition) is 3. The summed E-state index contributed by atoms with van der Waals surface area (Å²) < 4.78 is 5.29. The molecule has 0 radical (unpaired) electrons. The van der Waals surface area contributed by atoms with Gasteiger partial charge in [0, 0.05) is 19.7 Å². The maximum absolute atomic E-state index is 11.6. The zero-order valence-corrected chi connectivity index (χ0v) is 9.32. The van der Waals surface area contributed by atoms with Crippen molar-refractivity contribution in [1.29, 1.82) is 0 Å². The fourth-order valence-electron chi connectivity index (χ4n) is 1.63. The van der Waals surface area contributed by atoms with Crippen molar-refractivity contribution < 1.29 is 14.6 Å². The number of rotatable bonds is 5. The van der Waals surface area contributed by atoms with Crippen molar-refractivity contribution in [2.75, 3.05) is 19.7 Å². The summed E-state index contributed by atoms with van der Waals surface area (Å²) in [5.74, 6) is -0.0573. The molecular formula is C10H20N2O3. The lowest BCUT2D eigenvalue weighted by Crippen LogP contribution is -2.43. The van der Waals surface area contributed by atoms with Crippen molar-refractivity contribution in [3.63, 3.8) is 0 Å². The first-order valence-corrected chi connectivity index (χ1v) is 5.44. The molecule has 15 heavy (non-hydrogen) atoms. The first kappa shape index (κ1) is 12.4. The molecule has 0 aromatic heterocycles. The fraction of sp³-hybridized carbons (Fsp3) is 0.900. The van der Waals surface area contributed by atoms with Crippen molar-refractivity contribution >= 4 is 5.91 Å². The van der Waals surface area contributed by atoms with Gasteiger partial charge in [-0.1, -0.05) is 0 Å². The number of amides is 1. The van der Waals surface area contributed by atoms with Crippen molar-refractivity contribution in [3.05, 3.63) is 0 Å². The third-order valence-corrected chi connectivity index (χ3v) is 2.44. The Labute approximate surface area is 90.2 Å². The molecule has 1 aliphatic heterocycles. The summed E-state index contributed by atoms with van der Waals surface area (Å²) in [6.45, 7) is 5.51. The second-order valence-corrected chi connectivity index (χ2v) is 3.86. The van der Waals surface area contributed by atoms with E-state index in [-0.39, 0.29) is 18.1 Å². The SMILES string of the molecule is CCOC(C)CNC(=O)C1CC(O)CN1. The molecule has 3 N–H and O–H groups in total. The number of carbonyl (C=O) groups excluding carboxylic acids is 1. The van der Waals surface area contributed by atoms with Crippen LogP contribution in [0.3, 0.4) is 0 Å². The zero-order valence-electron chi connectivity index (χ0n) is 9.32. The predicted molar refractivity (Wildman–Crippen MR) is 56.5 cm³/mol. The Morgan fingerprint density at radius 2 is 2.47 bits per heavy atom. The summed E-state index contributed by atoms with van der Waals surface area (Å²) in [5.41, 5.74) is 0. The normalized spacial score (nSPS) is 27.7. The smallest absolute Gasteiger partial charge is 0.237 e. The largest absolute Gasteiger partial charge is 0.392 e. The van der Waals surface area contributed by atoms with Crippen LogP contribution in [0.2, 0.25) is 0 Å². The molecule has 5 nitrogen and oxygen atoms in total. The van der Waals surface area contributed by atoms with Gasteiger partial charge >= 0.3 is 0 Å². The molecule has 1 rings (SSSR count). The van der Waals surface area contributed by atoms with Crippen molar-refractivity contribution in [1.82, 2.24) is 10.6 Å². The second kappa shape index (κ2) is 6.05. The van der Waals surface area contributed by atoms with Crippen molar-refractivity contribution in [2.45, 2.75) is 38.5 Å². The van der Waals surface area contributed by atoms with E-state index in [9.17, 15) is 9.90 Å². The molecule has 1 heterocycles. The van der Waals surface area contributed by atoms with Gasteiger partial charge in [0.15, 0.2) is 0 Å². The molecule has 88 valence electrons. The average molecular weight is 216 g/mol. The van der Waals surface area contributed by atoms with Crippen LogP contribution in [-0.4, -0.2) is 49.0 Å². The van der Waals surface area contributed by atoms with E-state index in [4.69, 9.17) is 4.74 Å². The minimum absolute atomic E-state index is 0.0327. The number of aliphatic hydroxyl groups excluding tert-OH is 1. The van der Waals surface area contributed by atoms with Crippen LogP contribution >= 0.6 is 0 Å². The van der Waals surface area contributed by atoms with Gasteiger partial charge in [-0.05, 0) is 20.3 Å². The van der Waals surface area contributed by atoms with Gasteiger partial charge < -0.3 is 20.5 Å². The minimum atomic E-state index is -0.398. The summed E-state index contributed by atoms with van der Waals surface area (Å²) >= 11 is 0. The van der Waals surface area contributed by atoms with Crippen LogP contribution in [0, 0.1) is 0 Å². The summed E-state index contributed by atoms with van der Waals surface area (Å²) in [6, 6.07) is -0.256. The summed E-state index contributed by atoms with van der Waals surface area (Å²) in [5, 5.41) is 15.0. The molecule has 0 spiro atoms. The molecule has 1 saturated heterocycles. The fourth-order valence-corrected chi connectivity index (χ4v) is 1.63. The lowest BCUT2D eigenvalue weighted by atomic mass is 10.2. The molecule has 0 aromatic rings. The van der Waals surface area contributed by atoms with Crippen molar-refractivity contribution in [2.24, 2.45) is 0 Å². The number of β-amino-alcohol motifs (C(OH)–C–C–N with tert-alkyl or cyclic N) is 1. The van der Waals surface area contributed by atoms with Gasteiger partial charge in [-0.25, -0.2) is 0 Å². The average Bonchev–Trinajstić information content (AvgIpc) is 2.62. The van der Waals surface area contributed by atoms with Crippen LogP contribution < -0.4 is 10.6 Å². The molecule has 0 saturated carbocycles. The molecule has 0 aromatic carbocycles. The Morgan fingerprint density at radius 1 is 1.73 bits per heavy atom. The lowest BCUT2D eigenvalue weighted by Gasteiger charge is -2.15. The van der Waals surface area contributed by atoms with Crippen LogP contribution in [0.15, 0.2) is 0 Å². The maximum atomic E-state index is 11.6.